The van der Waals surface area contributed by atoms with Crippen LogP contribution in [0.25, 0.3) is 0 Å². The van der Waals surface area contributed by atoms with Crippen LogP contribution in [0.2, 0.25) is 0 Å². The first-order valence-corrected chi connectivity index (χ1v) is 8.79. The monoisotopic (exact) mass is 349 g/mol. The van der Waals surface area contributed by atoms with Crippen molar-refractivity contribution in [3.05, 3.63) is 29.6 Å². The molecule has 2 aliphatic rings. The van der Waals surface area contributed by atoms with Crippen molar-refractivity contribution in [2.45, 2.75) is 50.6 Å². The molecule has 0 bridgehead atoms. The number of amides is 2. The standard InChI is InChI=1S/C18H24FN3O3/c1-2-22(10-17(23)24)14-7-13(8-14)21-18(25)20-12-5-6-16(19)15(9-12)11-3-4-11/h5-6,9,11,13-14H,2-4,7-8,10H2,1H3,(H,23,24)(H2,20,21,25). The highest BCUT2D eigenvalue weighted by atomic mass is 19.1. The number of carboxylic acid groups (broad SMARTS) is 1. The topological polar surface area (TPSA) is 81.7 Å². The van der Waals surface area contributed by atoms with Gasteiger partial charge in [0.15, 0.2) is 0 Å². The third kappa shape index (κ3) is 4.48. The first-order chi connectivity index (χ1) is 12.0. The van der Waals surface area contributed by atoms with Crippen molar-refractivity contribution in [3.8, 4) is 0 Å². The number of halogens is 1. The lowest BCUT2D eigenvalue weighted by Gasteiger charge is -2.42. The molecule has 0 atom stereocenters. The number of anilines is 1. The molecule has 3 rings (SSSR count). The van der Waals surface area contributed by atoms with Crippen LogP contribution in [0.5, 0.6) is 0 Å². The summed E-state index contributed by atoms with van der Waals surface area (Å²) in [4.78, 5) is 24.8. The predicted octanol–water partition coefficient (Wildman–Crippen LogP) is 2.76. The second-order valence-corrected chi connectivity index (χ2v) is 6.89. The Hall–Kier alpha value is -2.15. The van der Waals surface area contributed by atoms with E-state index in [0.717, 1.165) is 25.7 Å². The van der Waals surface area contributed by atoms with Gasteiger partial charge in [-0.15, -0.1) is 0 Å². The van der Waals surface area contributed by atoms with E-state index in [0.29, 0.717) is 17.8 Å². The van der Waals surface area contributed by atoms with Gasteiger partial charge >= 0.3 is 12.0 Å². The van der Waals surface area contributed by atoms with Crippen molar-refractivity contribution in [1.82, 2.24) is 10.2 Å². The van der Waals surface area contributed by atoms with E-state index in [-0.39, 0.29) is 36.4 Å². The molecule has 0 aliphatic heterocycles. The van der Waals surface area contributed by atoms with Gasteiger partial charge in [0.05, 0.1) is 6.54 Å². The van der Waals surface area contributed by atoms with E-state index in [1.54, 1.807) is 12.1 Å². The van der Waals surface area contributed by atoms with Gasteiger partial charge in [-0.2, -0.15) is 0 Å². The molecule has 0 unspecified atom stereocenters. The number of carboxylic acids is 1. The van der Waals surface area contributed by atoms with Crippen LogP contribution in [0.1, 0.15) is 44.1 Å². The van der Waals surface area contributed by atoms with E-state index in [9.17, 15) is 14.0 Å². The lowest BCUT2D eigenvalue weighted by Crippen LogP contribution is -2.55. The van der Waals surface area contributed by atoms with Crippen molar-refractivity contribution in [2.75, 3.05) is 18.4 Å². The fourth-order valence-corrected chi connectivity index (χ4v) is 3.36. The number of hydrogen-bond donors (Lipinski definition) is 3. The van der Waals surface area contributed by atoms with Crippen molar-refractivity contribution < 1.29 is 19.1 Å². The van der Waals surface area contributed by atoms with Crippen molar-refractivity contribution in [2.24, 2.45) is 0 Å². The molecule has 3 N–H and O–H groups in total. The summed E-state index contributed by atoms with van der Waals surface area (Å²) in [5.41, 5.74) is 1.27. The summed E-state index contributed by atoms with van der Waals surface area (Å²) < 4.78 is 13.7. The first kappa shape index (κ1) is 17.7. The Labute approximate surface area is 146 Å². The zero-order valence-corrected chi connectivity index (χ0v) is 14.3. The smallest absolute Gasteiger partial charge is 0.319 e. The number of carbonyl (C=O) groups is 2. The minimum absolute atomic E-state index is 0.0274. The number of benzene rings is 1. The number of carbonyl (C=O) groups excluding carboxylic acids is 1. The Balaban J connectivity index is 1.46. The lowest BCUT2D eigenvalue weighted by molar-refractivity contribution is -0.139. The molecule has 0 aromatic heterocycles. The predicted molar refractivity (Wildman–Crippen MR) is 92.2 cm³/mol. The van der Waals surface area contributed by atoms with Crippen LogP contribution in [-0.2, 0) is 4.79 Å². The van der Waals surface area contributed by atoms with Crippen molar-refractivity contribution in [1.29, 1.82) is 0 Å². The molecule has 2 saturated carbocycles. The number of nitrogens with one attached hydrogen (secondary N) is 2. The molecular formula is C18H24FN3O3. The Morgan fingerprint density at radius 1 is 1.32 bits per heavy atom. The highest BCUT2D eigenvalue weighted by Crippen LogP contribution is 2.42. The summed E-state index contributed by atoms with van der Waals surface area (Å²) in [5.74, 6) is -0.765. The molecule has 2 aliphatic carbocycles. The Kier molecular flexibility index (Phi) is 5.22. The number of aliphatic carboxylic acids is 1. The maximum Gasteiger partial charge on any atom is 0.319 e. The van der Waals surface area contributed by atoms with Gasteiger partial charge in [0, 0.05) is 17.8 Å². The average Bonchev–Trinajstić information content (AvgIpc) is 3.35. The van der Waals surface area contributed by atoms with Crippen molar-refractivity contribution in [3.63, 3.8) is 0 Å². The van der Waals surface area contributed by atoms with Gasteiger partial charge in [-0.1, -0.05) is 6.92 Å². The van der Waals surface area contributed by atoms with Gasteiger partial charge in [-0.3, -0.25) is 9.69 Å². The minimum atomic E-state index is -0.834. The molecule has 25 heavy (non-hydrogen) atoms. The average molecular weight is 349 g/mol. The molecule has 136 valence electrons. The van der Waals surface area contributed by atoms with Gasteiger partial charge in [0.1, 0.15) is 5.82 Å². The van der Waals surface area contributed by atoms with Crippen LogP contribution in [0, 0.1) is 5.82 Å². The largest absolute Gasteiger partial charge is 0.480 e. The molecule has 6 nitrogen and oxygen atoms in total. The highest BCUT2D eigenvalue weighted by molar-refractivity contribution is 5.89. The molecule has 0 radical (unpaired) electrons. The Morgan fingerprint density at radius 3 is 2.64 bits per heavy atom. The molecule has 1 aromatic rings. The van der Waals surface area contributed by atoms with Crippen LogP contribution < -0.4 is 10.6 Å². The molecule has 1 aromatic carbocycles. The zero-order valence-electron chi connectivity index (χ0n) is 14.3. The number of hydrogen-bond acceptors (Lipinski definition) is 3. The zero-order chi connectivity index (χ0) is 18.0. The van der Waals surface area contributed by atoms with Crippen LogP contribution >= 0.6 is 0 Å². The summed E-state index contributed by atoms with van der Waals surface area (Å²) in [6, 6.07) is 4.60. The molecular weight excluding hydrogens is 325 g/mol. The molecule has 2 fully saturated rings. The van der Waals surface area contributed by atoms with Crippen LogP contribution in [0.15, 0.2) is 18.2 Å². The lowest BCUT2D eigenvalue weighted by atomic mass is 9.85. The van der Waals surface area contributed by atoms with Gasteiger partial charge in [0.25, 0.3) is 0 Å². The molecule has 0 heterocycles. The molecule has 0 saturated heterocycles. The maximum atomic E-state index is 13.7. The van der Waals surface area contributed by atoms with Crippen LogP contribution in [0.4, 0.5) is 14.9 Å². The number of nitrogens with zero attached hydrogens (tertiary/aromatic N) is 1. The van der Waals surface area contributed by atoms with Gasteiger partial charge < -0.3 is 15.7 Å². The van der Waals surface area contributed by atoms with E-state index in [4.69, 9.17) is 5.11 Å². The summed E-state index contributed by atoms with van der Waals surface area (Å²) >= 11 is 0. The van der Waals surface area contributed by atoms with Crippen LogP contribution in [-0.4, -0.2) is 47.2 Å². The quantitative estimate of drug-likeness (QED) is 0.707. The third-order valence-electron chi connectivity index (χ3n) is 4.98. The fourth-order valence-electron chi connectivity index (χ4n) is 3.36. The molecule has 2 amide bonds. The van der Waals surface area contributed by atoms with E-state index < -0.39 is 5.97 Å². The second-order valence-electron chi connectivity index (χ2n) is 6.89. The third-order valence-corrected chi connectivity index (χ3v) is 4.98. The first-order valence-electron chi connectivity index (χ1n) is 8.79. The maximum absolute atomic E-state index is 13.7. The Bertz CT molecular complexity index is 657. The number of rotatable bonds is 7. The highest BCUT2D eigenvalue weighted by Gasteiger charge is 2.34. The van der Waals surface area contributed by atoms with Crippen molar-refractivity contribution >= 4 is 17.7 Å². The number of likely N-dealkylation sites (N-methyl/N-ethyl adjacent to an activating group) is 1. The number of urea groups is 1. The fraction of sp³-hybridized carbons (Fsp3) is 0.556. The normalized spacial score (nSPS) is 22.4. The van der Waals surface area contributed by atoms with E-state index in [1.807, 2.05) is 11.8 Å². The molecule has 7 heteroatoms. The van der Waals surface area contributed by atoms with E-state index in [2.05, 4.69) is 10.6 Å². The summed E-state index contributed by atoms with van der Waals surface area (Å²) in [7, 11) is 0. The second kappa shape index (κ2) is 7.39. The van der Waals surface area contributed by atoms with Crippen LogP contribution in [0.3, 0.4) is 0 Å². The summed E-state index contributed by atoms with van der Waals surface area (Å²) in [5, 5.41) is 14.5. The summed E-state index contributed by atoms with van der Waals surface area (Å²) in [6.07, 6.45) is 3.48. The Morgan fingerprint density at radius 2 is 2.04 bits per heavy atom. The SMILES string of the molecule is CCN(CC(=O)O)C1CC(NC(=O)Nc2ccc(F)c(C3CC3)c2)C1. The van der Waals surface area contributed by atoms with Gasteiger partial charge in [0.2, 0.25) is 0 Å². The van der Waals surface area contributed by atoms with E-state index >= 15 is 0 Å². The summed E-state index contributed by atoms with van der Waals surface area (Å²) in [6.45, 7) is 2.64. The minimum Gasteiger partial charge on any atom is -0.480 e. The van der Waals surface area contributed by atoms with Gasteiger partial charge in [-0.25, -0.2) is 9.18 Å². The van der Waals surface area contributed by atoms with Gasteiger partial charge in [-0.05, 0) is 61.9 Å². The molecule has 0 spiro atoms. The van der Waals surface area contributed by atoms with E-state index in [1.165, 1.54) is 6.07 Å².